The molecular weight excluding hydrogens is 897 g/mol. The predicted molar refractivity (Wildman–Crippen MR) is 258 cm³/mol. The summed E-state index contributed by atoms with van der Waals surface area (Å²) in [6.07, 6.45) is 7.93. The second-order valence-electron chi connectivity index (χ2n) is 17.9. The Morgan fingerprint density at radius 2 is 0.914 bits per heavy atom. The van der Waals surface area contributed by atoms with Crippen LogP contribution in [0, 0.1) is 41.4 Å². The van der Waals surface area contributed by atoms with Crippen molar-refractivity contribution in [1.29, 1.82) is 0 Å². The number of aryl methyl sites for hydroxylation is 4. The number of carboxylic acids is 1. The number of hydrogen-bond donors (Lipinski definition) is 5. The van der Waals surface area contributed by atoms with E-state index in [1.807, 2.05) is 0 Å². The van der Waals surface area contributed by atoms with Gasteiger partial charge in [0.25, 0.3) is 6.47 Å². The quantitative estimate of drug-likeness (QED) is 0.0264. The second-order valence-corrected chi connectivity index (χ2v) is 17.9. The third kappa shape index (κ3) is 12.4. The lowest BCUT2D eigenvalue weighted by Gasteiger charge is -2.45. The summed E-state index contributed by atoms with van der Waals surface area (Å²) < 4.78 is 13.5. The zero-order chi connectivity index (χ0) is 50.3. The first kappa shape index (κ1) is 52.3. The van der Waals surface area contributed by atoms with Crippen LogP contribution in [0.4, 0.5) is 0 Å². The molecule has 2 heterocycles. The fourth-order valence-electron chi connectivity index (χ4n) is 9.50. The molecule has 70 heavy (non-hydrogen) atoms. The van der Waals surface area contributed by atoms with Crippen LogP contribution in [0.1, 0.15) is 61.3 Å². The molecule has 16 heteroatoms. The van der Waals surface area contributed by atoms with E-state index in [0.717, 1.165) is 62.7 Å². The van der Waals surface area contributed by atoms with E-state index in [2.05, 4.69) is 124 Å². The molecule has 8 rings (SSSR count). The topological polar surface area (TPSA) is 261 Å². The molecule has 4 aromatic carbocycles. The van der Waals surface area contributed by atoms with Gasteiger partial charge in [0.15, 0.2) is 0 Å². The van der Waals surface area contributed by atoms with Gasteiger partial charge in [-0.1, -0.05) is 110 Å². The zero-order valence-corrected chi connectivity index (χ0v) is 39.5. The highest BCUT2D eigenvalue weighted by Crippen LogP contribution is 2.55. The van der Waals surface area contributed by atoms with Crippen molar-refractivity contribution in [2.75, 3.05) is 26.7 Å². The van der Waals surface area contributed by atoms with Crippen molar-refractivity contribution in [3.8, 4) is 22.3 Å². The summed E-state index contributed by atoms with van der Waals surface area (Å²) in [5.41, 5.74) is 21.1. The highest BCUT2D eigenvalue weighted by atomic mass is 16.6. The summed E-state index contributed by atoms with van der Waals surface area (Å²) in [5.74, 6) is -11.7. The first-order chi connectivity index (χ1) is 33.8. The molecule has 0 aromatic heterocycles. The van der Waals surface area contributed by atoms with Gasteiger partial charge in [0.2, 0.25) is 11.8 Å². The Bertz CT molecular complexity index is 2340. The average molecular weight is 959 g/mol. The van der Waals surface area contributed by atoms with Crippen LogP contribution < -0.4 is 22.1 Å². The Morgan fingerprint density at radius 3 is 1.23 bits per heavy atom. The number of carboxylic acid groups (broad SMARTS) is 1. The van der Waals surface area contributed by atoms with E-state index in [9.17, 15) is 43.5 Å². The van der Waals surface area contributed by atoms with Crippen molar-refractivity contribution < 1.29 is 57.7 Å². The predicted octanol–water partition coefficient (Wildman–Crippen LogP) is 4.75. The Morgan fingerprint density at radius 1 is 0.557 bits per heavy atom. The van der Waals surface area contributed by atoms with E-state index in [-0.39, 0.29) is 6.47 Å². The lowest BCUT2D eigenvalue weighted by atomic mass is 9.59. The number of ether oxygens (including phenoxy) is 3. The third-order valence-corrected chi connectivity index (χ3v) is 13.5. The van der Waals surface area contributed by atoms with Gasteiger partial charge >= 0.3 is 29.8 Å². The molecule has 4 aromatic rings. The number of amides is 2. The second kappa shape index (κ2) is 25.0. The number of cyclic esters (lactones) is 4. The van der Waals surface area contributed by atoms with Gasteiger partial charge in [-0.25, -0.2) is 0 Å². The maximum Gasteiger partial charge on any atom is 0.318 e. The number of nitrogens with two attached hydrogens (primary N) is 2. The molecular formula is C54H62N4O12. The molecule has 2 aliphatic carbocycles. The molecule has 7 N–H and O–H groups in total. The van der Waals surface area contributed by atoms with Gasteiger partial charge in [-0.15, -0.1) is 0 Å². The van der Waals surface area contributed by atoms with Gasteiger partial charge in [-0.05, 0) is 109 Å². The van der Waals surface area contributed by atoms with Crippen molar-refractivity contribution in [1.82, 2.24) is 10.6 Å². The van der Waals surface area contributed by atoms with Crippen LogP contribution in [0.3, 0.4) is 0 Å². The Kier molecular flexibility index (Phi) is 18.7. The zero-order valence-electron chi connectivity index (χ0n) is 39.5. The van der Waals surface area contributed by atoms with Crippen LogP contribution in [-0.4, -0.2) is 86.0 Å². The third-order valence-electron chi connectivity index (χ3n) is 13.5. The summed E-state index contributed by atoms with van der Waals surface area (Å²) in [7, 11) is 1.39. The minimum Gasteiger partial charge on any atom is -0.481 e. The van der Waals surface area contributed by atoms with Crippen LogP contribution >= 0.6 is 0 Å². The largest absolute Gasteiger partial charge is 0.481 e. The minimum atomic E-state index is -1.28. The minimum absolute atomic E-state index is 0.110. The molecule has 2 amide bonds. The Labute approximate surface area is 407 Å². The summed E-state index contributed by atoms with van der Waals surface area (Å²) in [6, 6.07) is 34.6. The maximum absolute atomic E-state index is 12.7. The Balaban J connectivity index is 0.000000195. The van der Waals surface area contributed by atoms with E-state index < -0.39 is 89.2 Å². The summed E-state index contributed by atoms with van der Waals surface area (Å²) >= 11 is 0. The van der Waals surface area contributed by atoms with Crippen molar-refractivity contribution in [2.45, 2.75) is 70.8 Å². The lowest BCUT2D eigenvalue weighted by Crippen LogP contribution is -2.65. The number of carbonyl (C=O) groups is 8. The molecule has 4 atom stereocenters. The molecule has 16 nitrogen and oxygen atoms in total. The van der Waals surface area contributed by atoms with E-state index >= 15 is 0 Å². The van der Waals surface area contributed by atoms with Gasteiger partial charge in [0.1, 0.15) is 12.0 Å². The first-order valence-electron chi connectivity index (χ1n) is 23.9. The van der Waals surface area contributed by atoms with Crippen LogP contribution in [0.2, 0.25) is 0 Å². The smallest absolute Gasteiger partial charge is 0.318 e. The van der Waals surface area contributed by atoms with Crippen molar-refractivity contribution in [2.24, 2.45) is 52.9 Å². The molecule has 370 valence electrons. The monoisotopic (exact) mass is 958 g/mol. The number of carbonyl (C=O) groups excluding carboxylic acids is 7. The summed E-state index contributed by atoms with van der Waals surface area (Å²) in [6.45, 7) is 4.15. The van der Waals surface area contributed by atoms with E-state index in [0.29, 0.717) is 13.0 Å². The molecule has 4 fully saturated rings. The number of rotatable bonds is 20. The normalized spacial score (nSPS) is 22.5. The van der Waals surface area contributed by atoms with Gasteiger partial charge in [0.05, 0.1) is 35.5 Å². The van der Waals surface area contributed by atoms with Crippen LogP contribution in [0.15, 0.2) is 97.1 Å². The van der Waals surface area contributed by atoms with E-state index in [4.69, 9.17) is 16.2 Å². The van der Waals surface area contributed by atoms with Gasteiger partial charge in [0, 0.05) is 13.6 Å². The maximum atomic E-state index is 12.7. The molecule has 4 unspecified atom stereocenters. The number of fused-ring (bicyclic) bond motifs is 4. The highest BCUT2D eigenvalue weighted by molar-refractivity contribution is 6.10. The van der Waals surface area contributed by atoms with Crippen molar-refractivity contribution >= 4 is 48.1 Å². The first-order valence-corrected chi connectivity index (χ1v) is 23.9. The number of benzene rings is 4. The van der Waals surface area contributed by atoms with E-state index in [1.54, 1.807) is 0 Å². The van der Waals surface area contributed by atoms with Crippen LogP contribution in [0.25, 0.3) is 22.3 Å². The Hall–Kier alpha value is -7.04. The summed E-state index contributed by atoms with van der Waals surface area (Å²) in [4.78, 5) is 91.6. The lowest BCUT2D eigenvalue weighted by molar-refractivity contribution is -0.188. The summed E-state index contributed by atoms with van der Waals surface area (Å²) in [5, 5.41) is 14.6. The van der Waals surface area contributed by atoms with Crippen LogP contribution in [0.5, 0.6) is 0 Å². The van der Waals surface area contributed by atoms with Gasteiger partial charge in [-0.2, -0.15) is 0 Å². The average Bonchev–Trinajstić information content (AvgIpc) is 3.73. The molecule has 4 aliphatic rings. The van der Waals surface area contributed by atoms with E-state index in [1.165, 1.54) is 53.3 Å². The van der Waals surface area contributed by atoms with Crippen molar-refractivity contribution in [3.05, 3.63) is 119 Å². The number of hydrogen-bond acceptors (Lipinski definition) is 13. The molecule has 0 bridgehead atoms. The number of unbranched alkanes of at least 4 members (excludes halogenated alkanes) is 1. The molecule has 0 radical (unpaired) electrons. The van der Waals surface area contributed by atoms with Crippen LogP contribution in [-0.2, 0) is 78.3 Å². The fourth-order valence-corrected chi connectivity index (χ4v) is 9.50. The van der Waals surface area contributed by atoms with Gasteiger partial charge in [-0.3, -0.25) is 38.4 Å². The highest BCUT2D eigenvalue weighted by Gasteiger charge is 2.72. The molecule has 2 saturated heterocycles. The number of nitrogens with one attached hydrogen (secondary N) is 2. The van der Waals surface area contributed by atoms with Crippen molar-refractivity contribution in [3.63, 3.8) is 0 Å². The SMILES string of the molecule is CCCCc1ccc(-c2ccc(CCCNC(=O)C3C(C(=O)O)C(OC=O)C3C(=O)NC)cc2)cc1.NCCCc1ccc(-c2ccc(CCCN)cc2)cc1.O=C1OC(=O)C2C1C1C(=O)OC(=O)C21. The standard InChI is InChI=1S/C28H34N2O6.C18H24N2.C8H4O6/c1-3-4-6-18-8-12-20(13-9-18)21-14-10-19(11-15-21)7-5-16-30-27(33)22-23(26(32)29-2)25(36-17-31)24(22)28(34)35;19-13-1-3-15-5-9-17(10-6-15)18-11-7-16(8-12-18)4-2-14-20;9-5-1-2(6(10)13-5)4-3(1)7(11)14-8(4)12/h8-15,17,22-25H,3-7,16H2,1-2H3,(H,29,32)(H,30,33)(H,34,35);5-12H,1-4,13-14,19-20H2;1-4H. The molecule has 2 saturated carbocycles. The number of aliphatic carboxylic acids is 1. The number of esters is 4. The van der Waals surface area contributed by atoms with Gasteiger partial charge < -0.3 is 41.4 Å². The fraction of sp³-hybridized carbons (Fsp3) is 0.407. The molecule has 0 spiro atoms. The molecule has 2 aliphatic heterocycles.